The molecule has 1 atom stereocenters. The highest BCUT2D eigenvalue weighted by Gasteiger charge is 2.16. The number of rotatable bonds is 7. The number of phenolic OH excluding ortho intramolecular Hbond substituents is 1. The number of nitrogens with zero attached hydrogens (tertiary/aromatic N) is 1. The number of benzene rings is 3. The minimum Gasteiger partial charge on any atom is -0.508 e. The summed E-state index contributed by atoms with van der Waals surface area (Å²) in [5.74, 6) is -0.0335. The first-order valence-corrected chi connectivity index (χ1v) is 10.8. The number of hydrogen-bond acceptors (Lipinski definition) is 3. The molecular weight excluding hydrogens is 452 g/mol. The highest BCUT2D eigenvalue weighted by atomic mass is 35.5. The van der Waals surface area contributed by atoms with Gasteiger partial charge in [0.1, 0.15) is 17.3 Å². The summed E-state index contributed by atoms with van der Waals surface area (Å²) >= 11 is 12.9. The predicted molar refractivity (Wildman–Crippen MR) is 125 cm³/mol. The van der Waals surface area contributed by atoms with E-state index in [1.54, 1.807) is 44.4 Å². The monoisotopic (exact) mass is 475 g/mol. The molecule has 0 aliphatic carbocycles. The van der Waals surface area contributed by atoms with Crippen LogP contribution in [0.2, 0.25) is 10.0 Å². The predicted octanol–water partition coefficient (Wildman–Crippen LogP) is 6.05. The van der Waals surface area contributed by atoms with Crippen molar-refractivity contribution in [3.05, 3.63) is 92.7 Å². The van der Waals surface area contributed by atoms with E-state index in [9.17, 15) is 14.3 Å². The van der Waals surface area contributed by atoms with Gasteiger partial charge in [0.2, 0.25) is 0 Å². The molecule has 0 saturated heterocycles. The Morgan fingerprint density at radius 2 is 1.69 bits per heavy atom. The Balaban J connectivity index is 1.82. The fourth-order valence-corrected chi connectivity index (χ4v) is 3.90. The molecule has 168 valence electrons. The molecule has 3 rings (SSSR count). The molecule has 0 fully saturated rings. The van der Waals surface area contributed by atoms with Crippen LogP contribution in [-0.2, 0) is 11.2 Å². The summed E-state index contributed by atoms with van der Waals surface area (Å²) in [6.45, 7) is 1.84. The summed E-state index contributed by atoms with van der Waals surface area (Å²) in [7, 11) is 3.30. The molecule has 0 radical (unpaired) electrons. The molecule has 0 spiro atoms. The Kier molecular flexibility index (Phi) is 7.64. The Bertz CT molecular complexity index is 1090. The zero-order valence-corrected chi connectivity index (χ0v) is 19.5. The van der Waals surface area contributed by atoms with Crippen molar-refractivity contribution in [2.24, 2.45) is 0 Å². The second kappa shape index (κ2) is 10.2. The maximum Gasteiger partial charge on any atom is 0.259 e. The molecule has 3 aromatic rings. The molecule has 0 aliphatic heterocycles. The third-order valence-electron chi connectivity index (χ3n) is 5.29. The van der Waals surface area contributed by atoms with Gasteiger partial charge in [0.25, 0.3) is 5.91 Å². The van der Waals surface area contributed by atoms with Gasteiger partial charge in [0.15, 0.2) is 6.61 Å². The van der Waals surface area contributed by atoms with Crippen molar-refractivity contribution < 1.29 is 19.0 Å². The largest absolute Gasteiger partial charge is 0.508 e. The molecule has 32 heavy (non-hydrogen) atoms. The van der Waals surface area contributed by atoms with Crippen LogP contribution in [0.3, 0.4) is 0 Å². The van der Waals surface area contributed by atoms with Crippen LogP contribution in [0.4, 0.5) is 4.39 Å². The second-order valence-electron chi connectivity index (χ2n) is 7.79. The number of ether oxygens (including phenoxy) is 1. The summed E-state index contributed by atoms with van der Waals surface area (Å²) in [4.78, 5) is 13.2. The molecule has 1 N–H and O–H groups in total. The summed E-state index contributed by atoms with van der Waals surface area (Å²) in [5, 5.41) is 11.2. The average molecular weight is 476 g/mol. The molecular formula is C25H24Cl2FNO3. The Hall–Kier alpha value is -2.76. The molecule has 7 heteroatoms. The van der Waals surface area contributed by atoms with Gasteiger partial charge < -0.3 is 14.7 Å². The van der Waals surface area contributed by atoms with E-state index in [4.69, 9.17) is 27.9 Å². The zero-order valence-electron chi connectivity index (χ0n) is 18.0. The van der Waals surface area contributed by atoms with Gasteiger partial charge in [-0.25, -0.2) is 4.39 Å². The van der Waals surface area contributed by atoms with Gasteiger partial charge in [-0.05, 0) is 47.0 Å². The number of amides is 1. The summed E-state index contributed by atoms with van der Waals surface area (Å²) < 4.78 is 18.8. The molecule has 0 bridgehead atoms. The van der Waals surface area contributed by atoms with Crippen LogP contribution in [0.1, 0.15) is 35.1 Å². The molecule has 1 unspecified atom stereocenters. The molecule has 0 aliphatic rings. The van der Waals surface area contributed by atoms with Crippen molar-refractivity contribution in [1.82, 2.24) is 4.90 Å². The van der Waals surface area contributed by atoms with E-state index < -0.39 is 0 Å². The van der Waals surface area contributed by atoms with Gasteiger partial charge in [0, 0.05) is 42.0 Å². The maximum atomic E-state index is 13.3. The summed E-state index contributed by atoms with van der Waals surface area (Å²) in [6.07, 6.45) is 0.442. The molecule has 3 aromatic carbocycles. The lowest BCUT2D eigenvalue weighted by Crippen LogP contribution is -2.27. The van der Waals surface area contributed by atoms with Crippen molar-refractivity contribution in [1.29, 1.82) is 0 Å². The highest BCUT2D eigenvalue weighted by Crippen LogP contribution is 2.35. The third kappa shape index (κ3) is 5.72. The topological polar surface area (TPSA) is 49.8 Å². The number of hydrogen-bond donors (Lipinski definition) is 1. The van der Waals surface area contributed by atoms with Gasteiger partial charge in [-0.15, -0.1) is 0 Å². The van der Waals surface area contributed by atoms with E-state index in [0.717, 1.165) is 16.7 Å². The molecule has 1 amide bonds. The lowest BCUT2D eigenvalue weighted by Gasteiger charge is -2.17. The van der Waals surface area contributed by atoms with Crippen LogP contribution in [0.25, 0.3) is 0 Å². The number of aromatic hydroxyl groups is 1. The van der Waals surface area contributed by atoms with Crippen LogP contribution < -0.4 is 4.74 Å². The van der Waals surface area contributed by atoms with Gasteiger partial charge in [-0.1, -0.05) is 54.4 Å². The first-order valence-electron chi connectivity index (χ1n) is 10.0. The Morgan fingerprint density at radius 3 is 2.28 bits per heavy atom. The van der Waals surface area contributed by atoms with Crippen molar-refractivity contribution in [3.63, 3.8) is 0 Å². The minimum atomic E-state index is -0.304. The van der Waals surface area contributed by atoms with E-state index in [1.807, 2.05) is 19.1 Å². The first-order chi connectivity index (χ1) is 15.2. The van der Waals surface area contributed by atoms with Crippen molar-refractivity contribution in [3.8, 4) is 11.5 Å². The van der Waals surface area contributed by atoms with E-state index in [-0.39, 0.29) is 30.0 Å². The number of halogens is 3. The van der Waals surface area contributed by atoms with Gasteiger partial charge in [0.05, 0.1) is 0 Å². The van der Waals surface area contributed by atoms with Gasteiger partial charge in [-0.3, -0.25) is 4.79 Å². The van der Waals surface area contributed by atoms with E-state index in [0.29, 0.717) is 27.8 Å². The quantitative estimate of drug-likeness (QED) is 0.452. The van der Waals surface area contributed by atoms with Crippen LogP contribution >= 0.6 is 23.2 Å². The molecule has 0 saturated carbocycles. The minimum absolute atomic E-state index is 0.110. The van der Waals surface area contributed by atoms with E-state index in [2.05, 4.69) is 0 Å². The van der Waals surface area contributed by atoms with E-state index in [1.165, 1.54) is 17.0 Å². The summed E-state index contributed by atoms with van der Waals surface area (Å²) in [6, 6.07) is 14.8. The lowest BCUT2D eigenvalue weighted by atomic mass is 9.90. The number of carbonyl (C=O) groups is 1. The fraction of sp³-hybridized carbons (Fsp3) is 0.240. The van der Waals surface area contributed by atoms with E-state index >= 15 is 0 Å². The highest BCUT2D eigenvalue weighted by molar-refractivity contribution is 6.36. The van der Waals surface area contributed by atoms with Crippen LogP contribution in [0.15, 0.2) is 54.6 Å². The van der Waals surface area contributed by atoms with Crippen LogP contribution in [-0.4, -0.2) is 36.6 Å². The van der Waals surface area contributed by atoms with Crippen molar-refractivity contribution in [2.75, 3.05) is 20.7 Å². The second-order valence-corrected chi connectivity index (χ2v) is 8.60. The Labute approximate surface area is 197 Å². The molecule has 0 heterocycles. The lowest BCUT2D eigenvalue weighted by molar-refractivity contribution is -0.130. The zero-order chi connectivity index (χ0) is 23.4. The standard InChI is InChI=1S/C25H24Cl2FNO3/c1-15(17-5-7-18(28)8-6-17)20-10-16(4-9-24(20)30)11-21-22(26)12-19(13-23(21)27)32-14-25(31)29(2)3/h4-10,12-13,15,30H,11,14H2,1-3H3. The van der Waals surface area contributed by atoms with Crippen LogP contribution in [0.5, 0.6) is 11.5 Å². The number of phenols is 1. The molecule has 0 aromatic heterocycles. The van der Waals surface area contributed by atoms with Crippen molar-refractivity contribution in [2.45, 2.75) is 19.3 Å². The fourth-order valence-electron chi connectivity index (χ4n) is 3.30. The van der Waals surface area contributed by atoms with Gasteiger partial charge >= 0.3 is 0 Å². The third-order valence-corrected chi connectivity index (χ3v) is 5.96. The van der Waals surface area contributed by atoms with Crippen molar-refractivity contribution >= 4 is 29.1 Å². The smallest absolute Gasteiger partial charge is 0.259 e. The van der Waals surface area contributed by atoms with Gasteiger partial charge in [-0.2, -0.15) is 0 Å². The normalized spacial score (nSPS) is 11.8. The Morgan fingerprint density at radius 1 is 1.06 bits per heavy atom. The SMILES string of the molecule is CC(c1ccc(F)cc1)c1cc(Cc2c(Cl)cc(OCC(=O)N(C)C)cc2Cl)ccc1O. The number of likely N-dealkylation sites (N-methyl/N-ethyl adjacent to an activating group) is 1. The first kappa shape index (κ1) is 23.9. The average Bonchev–Trinajstić information content (AvgIpc) is 2.75. The maximum absolute atomic E-state index is 13.3. The number of carbonyl (C=O) groups excluding carboxylic acids is 1. The molecule has 4 nitrogen and oxygen atoms in total. The summed E-state index contributed by atoms with van der Waals surface area (Å²) in [5.41, 5.74) is 3.24. The van der Waals surface area contributed by atoms with Crippen LogP contribution in [0, 0.1) is 5.82 Å².